The van der Waals surface area contributed by atoms with Crippen LogP contribution in [0.25, 0.3) is 0 Å². The number of hydrogen-bond donors (Lipinski definition) is 2. The number of amides is 1. The molecule has 1 aliphatic rings. The summed E-state index contributed by atoms with van der Waals surface area (Å²) in [5, 5.41) is 11.9. The molecular weight excluding hydrogens is 334 g/mol. The number of carbonyl (C=O) groups is 2. The Morgan fingerprint density at radius 3 is 2.73 bits per heavy atom. The molecule has 6 heteroatoms. The van der Waals surface area contributed by atoms with Gasteiger partial charge in [0.25, 0.3) is 0 Å². The van der Waals surface area contributed by atoms with Crippen LogP contribution < -0.4 is 5.32 Å². The van der Waals surface area contributed by atoms with Crippen molar-refractivity contribution in [1.29, 1.82) is 0 Å². The van der Waals surface area contributed by atoms with Gasteiger partial charge in [-0.3, -0.25) is 9.59 Å². The molecule has 1 aromatic rings. The zero-order valence-electron chi connectivity index (χ0n) is 15.4. The van der Waals surface area contributed by atoms with Crippen LogP contribution in [0, 0.1) is 0 Å². The van der Waals surface area contributed by atoms with E-state index >= 15 is 0 Å². The molecule has 1 aliphatic heterocycles. The van der Waals surface area contributed by atoms with Crippen LogP contribution in [0.1, 0.15) is 44.6 Å². The van der Waals surface area contributed by atoms with Gasteiger partial charge in [0.2, 0.25) is 5.91 Å². The molecular formula is C20H29NO5. The van der Waals surface area contributed by atoms with Gasteiger partial charge in [0, 0.05) is 19.1 Å². The van der Waals surface area contributed by atoms with Gasteiger partial charge in [-0.05, 0) is 44.6 Å². The first kappa shape index (κ1) is 20.4. The van der Waals surface area contributed by atoms with Crippen molar-refractivity contribution in [2.45, 2.75) is 63.7 Å². The summed E-state index contributed by atoms with van der Waals surface area (Å²) in [6.45, 7) is 2.88. The van der Waals surface area contributed by atoms with Crippen LogP contribution in [0.2, 0.25) is 0 Å². The van der Waals surface area contributed by atoms with Crippen LogP contribution in [0.3, 0.4) is 0 Å². The molecule has 1 amide bonds. The van der Waals surface area contributed by atoms with Crippen molar-refractivity contribution in [3.05, 3.63) is 35.9 Å². The number of nitrogens with one attached hydrogen (secondary N) is 1. The number of hydrogen-bond acceptors (Lipinski definition) is 4. The lowest BCUT2D eigenvalue weighted by molar-refractivity contribution is -0.139. The lowest BCUT2D eigenvalue weighted by atomic mass is 10.0. The predicted octanol–water partition coefficient (Wildman–Crippen LogP) is 2.55. The summed E-state index contributed by atoms with van der Waals surface area (Å²) in [5.74, 6) is -1.08. The minimum Gasteiger partial charge on any atom is -0.481 e. The van der Waals surface area contributed by atoms with E-state index in [4.69, 9.17) is 14.6 Å². The van der Waals surface area contributed by atoms with Crippen molar-refractivity contribution in [1.82, 2.24) is 5.32 Å². The maximum absolute atomic E-state index is 12.4. The Labute approximate surface area is 154 Å². The van der Waals surface area contributed by atoms with Gasteiger partial charge in [-0.15, -0.1) is 0 Å². The Balaban J connectivity index is 1.83. The van der Waals surface area contributed by atoms with Gasteiger partial charge in [0.1, 0.15) is 6.10 Å². The third-order valence-electron chi connectivity index (χ3n) is 4.55. The second-order valence-corrected chi connectivity index (χ2v) is 6.79. The van der Waals surface area contributed by atoms with E-state index in [1.165, 1.54) is 0 Å². The van der Waals surface area contributed by atoms with E-state index in [1.807, 2.05) is 30.3 Å². The van der Waals surface area contributed by atoms with Crippen LogP contribution in [-0.2, 0) is 25.5 Å². The van der Waals surface area contributed by atoms with E-state index in [0.29, 0.717) is 19.4 Å². The minimum absolute atomic E-state index is 0.0168. The van der Waals surface area contributed by atoms with Crippen LogP contribution in [0.5, 0.6) is 0 Å². The summed E-state index contributed by atoms with van der Waals surface area (Å²) in [6, 6.07) is 9.50. The summed E-state index contributed by atoms with van der Waals surface area (Å²) in [4.78, 5) is 23.3. The van der Waals surface area contributed by atoms with Gasteiger partial charge >= 0.3 is 5.97 Å². The smallest absolute Gasteiger partial charge is 0.303 e. The first-order chi connectivity index (χ1) is 12.5. The van der Waals surface area contributed by atoms with Crippen LogP contribution in [-0.4, -0.2) is 48.4 Å². The van der Waals surface area contributed by atoms with Gasteiger partial charge in [-0.1, -0.05) is 30.3 Å². The molecule has 0 spiro atoms. The molecule has 0 bridgehead atoms. The highest BCUT2D eigenvalue weighted by Gasteiger charge is 2.21. The molecule has 6 nitrogen and oxygen atoms in total. The molecule has 144 valence electrons. The second-order valence-electron chi connectivity index (χ2n) is 6.79. The topological polar surface area (TPSA) is 84.9 Å². The molecule has 1 heterocycles. The molecule has 0 radical (unpaired) electrons. The molecule has 0 aliphatic carbocycles. The number of aliphatic carboxylic acids is 1. The Morgan fingerprint density at radius 2 is 2.08 bits per heavy atom. The standard InChI is InChI=1S/C20H29NO5/c1-15(26-14-18-9-5-6-12-25-18)20(24)21-17(10-11-19(22)23)13-16-7-3-2-4-8-16/h2-4,7-8,15,17-18H,5-6,9-14H2,1H3,(H,21,24)(H,22,23). The average Bonchev–Trinajstić information content (AvgIpc) is 2.65. The van der Waals surface area contributed by atoms with Gasteiger partial charge < -0.3 is 19.9 Å². The summed E-state index contributed by atoms with van der Waals surface area (Å²) in [6.07, 6.45) is 3.63. The number of carboxylic acids is 1. The van der Waals surface area contributed by atoms with Crippen molar-refractivity contribution in [2.75, 3.05) is 13.2 Å². The molecule has 1 aromatic carbocycles. The maximum atomic E-state index is 12.4. The highest BCUT2D eigenvalue weighted by molar-refractivity contribution is 5.80. The van der Waals surface area contributed by atoms with E-state index in [0.717, 1.165) is 31.4 Å². The van der Waals surface area contributed by atoms with Crippen molar-refractivity contribution < 1.29 is 24.2 Å². The largest absolute Gasteiger partial charge is 0.481 e. The van der Waals surface area contributed by atoms with Crippen molar-refractivity contribution in [3.8, 4) is 0 Å². The minimum atomic E-state index is -0.865. The molecule has 1 saturated heterocycles. The monoisotopic (exact) mass is 363 g/mol. The lowest BCUT2D eigenvalue weighted by Crippen LogP contribution is -2.43. The van der Waals surface area contributed by atoms with Crippen molar-refractivity contribution in [2.24, 2.45) is 0 Å². The first-order valence-electron chi connectivity index (χ1n) is 9.34. The first-order valence-corrected chi connectivity index (χ1v) is 9.34. The van der Waals surface area contributed by atoms with Crippen LogP contribution in [0.4, 0.5) is 0 Å². The number of carbonyl (C=O) groups excluding carboxylic acids is 1. The van der Waals surface area contributed by atoms with Crippen LogP contribution >= 0.6 is 0 Å². The number of rotatable bonds is 10. The zero-order valence-corrected chi connectivity index (χ0v) is 15.4. The van der Waals surface area contributed by atoms with E-state index in [9.17, 15) is 9.59 Å². The van der Waals surface area contributed by atoms with Gasteiger partial charge in [-0.25, -0.2) is 0 Å². The maximum Gasteiger partial charge on any atom is 0.303 e. The van der Waals surface area contributed by atoms with E-state index in [2.05, 4.69) is 5.32 Å². The molecule has 0 saturated carbocycles. The van der Waals surface area contributed by atoms with Crippen LogP contribution in [0.15, 0.2) is 30.3 Å². The van der Waals surface area contributed by atoms with Gasteiger partial charge in [-0.2, -0.15) is 0 Å². The van der Waals surface area contributed by atoms with Crippen molar-refractivity contribution >= 4 is 11.9 Å². The van der Waals surface area contributed by atoms with E-state index in [-0.39, 0.29) is 24.5 Å². The summed E-state index contributed by atoms with van der Waals surface area (Å²) in [5.41, 5.74) is 1.06. The molecule has 2 rings (SSSR count). The summed E-state index contributed by atoms with van der Waals surface area (Å²) >= 11 is 0. The number of benzene rings is 1. The molecule has 1 fully saturated rings. The highest BCUT2D eigenvalue weighted by atomic mass is 16.5. The highest BCUT2D eigenvalue weighted by Crippen LogP contribution is 2.14. The molecule has 3 unspecified atom stereocenters. The quantitative estimate of drug-likeness (QED) is 0.667. The number of ether oxygens (including phenoxy) is 2. The second kappa shape index (κ2) is 10.9. The van der Waals surface area contributed by atoms with E-state index < -0.39 is 12.1 Å². The molecule has 26 heavy (non-hydrogen) atoms. The zero-order chi connectivity index (χ0) is 18.8. The molecule has 0 aromatic heterocycles. The average molecular weight is 363 g/mol. The Hall–Kier alpha value is -1.92. The van der Waals surface area contributed by atoms with Gasteiger partial charge in [0.15, 0.2) is 0 Å². The lowest BCUT2D eigenvalue weighted by Gasteiger charge is -2.25. The fourth-order valence-electron chi connectivity index (χ4n) is 3.01. The SMILES string of the molecule is CC(OCC1CCCCO1)C(=O)NC(CCC(=O)O)Cc1ccccc1. The fraction of sp³-hybridized carbons (Fsp3) is 0.600. The predicted molar refractivity (Wildman–Crippen MR) is 98.0 cm³/mol. The summed E-state index contributed by atoms with van der Waals surface area (Å²) in [7, 11) is 0. The summed E-state index contributed by atoms with van der Waals surface area (Å²) < 4.78 is 11.3. The molecule has 2 N–H and O–H groups in total. The third kappa shape index (κ3) is 7.54. The Kier molecular flexibility index (Phi) is 8.58. The normalized spacial score (nSPS) is 19.5. The molecule has 3 atom stereocenters. The Bertz CT molecular complexity index is 557. The van der Waals surface area contributed by atoms with Gasteiger partial charge in [0.05, 0.1) is 12.7 Å². The van der Waals surface area contributed by atoms with E-state index in [1.54, 1.807) is 6.92 Å². The third-order valence-corrected chi connectivity index (χ3v) is 4.55. The fourth-order valence-corrected chi connectivity index (χ4v) is 3.01. The van der Waals surface area contributed by atoms with Crippen molar-refractivity contribution in [3.63, 3.8) is 0 Å². The number of carboxylic acid groups (broad SMARTS) is 1. The Morgan fingerprint density at radius 1 is 1.31 bits per heavy atom.